The second kappa shape index (κ2) is 5.26. The predicted octanol–water partition coefficient (Wildman–Crippen LogP) is -0.306. The van der Waals surface area contributed by atoms with E-state index in [2.05, 4.69) is 10.2 Å². The van der Waals surface area contributed by atoms with Crippen LogP contribution in [0.2, 0.25) is 6.82 Å². The fraction of sp³-hybridized carbons (Fsp3) is 0.500. The van der Waals surface area contributed by atoms with Crippen LogP contribution in [0.3, 0.4) is 0 Å². The van der Waals surface area contributed by atoms with Gasteiger partial charge >= 0.3 is 7.05 Å². The highest BCUT2D eigenvalue weighted by molar-refractivity contribution is 8.13. The van der Waals surface area contributed by atoms with Crippen molar-refractivity contribution in [3.05, 3.63) is 0 Å². The zero-order chi connectivity index (χ0) is 8.85. The SMILES string of the molecule is [B]C(=O)N/C(=N/B(C)O)SC. The normalized spacial score (nSPS) is 11.0. The van der Waals surface area contributed by atoms with E-state index in [-0.39, 0.29) is 0 Å². The minimum absolute atomic E-state index is 0.313. The lowest BCUT2D eigenvalue weighted by Crippen LogP contribution is -2.28. The number of carbonyl (C=O) groups is 1. The lowest BCUT2D eigenvalue weighted by atomic mass is 9.91. The fourth-order valence-electron chi connectivity index (χ4n) is 0.411. The van der Waals surface area contributed by atoms with Crippen molar-refractivity contribution in [3.63, 3.8) is 0 Å². The Bertz CT molecular complexity index is 173. The number of hydrogen-bond acceptors (Lipinski definition) is 4. The molecule has 0 atom stereocenters. The van der Waals surface area contributed by atoms with E-state index in [9.17, 15) is 4.79 Å². The molecule has 0 bridgehead atoms. The largest absolute Gasteiger partial charge is 0.431 e. The fourth-order valence-corrected chi connectivity index (χ4v) is 0.872. The molecule has 0 spiro atoms. The van der Waals surface area contributed by atoms with Gasteiger partial charge in [0.05, 0.1) is 0 Å². The molecule has 4 nitrogen and oxygen atoms in total. The van der Waals surface area contributed by atoms with Gasteiger partial charge in [0.1, 0.15) is 0 Å². The summed E-state index contributed by atoms with van der Waals surface area (Å²) in [4.78, 5) is 13.9. The van der Waals surface area contributed by atoms with Gasteiger partial charge in [0, 0.05) is 0 Å². The van der Waals surface area contributed by atoms with Crippen LogP contribution in [0.5, 0.6) is 0 Å². The maximum absolute atomic E-state index is 10.3. The van der Waals surface area contributed by atoms with Crippen molar-refractivity contribution in [2.24, 2.45) is 4.90 Å². The molecule has 0 rings (SSSR count). The molecule has 1 amide bonds. The van der Waals surface area contributed by atoms with Crippen molar-refractivity contribution in [3.8, 4) is 0 Å². The molecule has 0 heterocycles. The number of thioether (sulfide) groups is 1. The molecule has 0 aromatic rings. The summed E-state index contributed by atoms with van der Waals surface area (Å²) in [5.41, 5.74) is 0. The smallest absolute Gasteiger partial charge is 0.430 e. The van der Waals surface area contributed by atoms with Crippen molar-refractivity contribution in [2.45, 2.75) is 6.82 Å². The summed E-state index contributed by atoms with van der Waals surface area (Å²) >= 11 is 1.20. The van der Waals surface area contributed by atoms with Crippen molar-refractivity contribution in [1.29, 1.82) is 0 Å². The van der Waals surface area contributed by atoms with Gasteiger partial charge in [-0.25, -0.2) is 0 Å². The number of hydrogen-bond donors (Lipinski definition) is 2. The van der Waals surface area contributed by atoms with Gasteiger partial charge in [-0.05, 0) is 13.1 Å². The van der Waals surface area contributed by atoms with Crippen molar-refractivity contribution in [2.75, 3.05) is 6.26 Å². The Kier molecular flexibility index (Phi) is 5.06. The van der Waals surface area contributed by atoms with Crippen molar-refractivity contribution >= 4 is 37.6 Å². The number of carbonyl (C=O) groups excluding carboxylic acids is 1. The van der Waals surface area contributed by atoms with Crippen LogP contribution < -0.4 is 5.32 Å². The average Bonchev–Trinajstić information content (AvgIpc) is 1.84. The van der Waals surface area contributed by atoms with Gasteiger partial charge < -0.3 is 10.3 Å². The molecular weight excluding hydrogens is 162 g/mol. The predicted molar refractivity (Wildman–Crippen MR) is 49.1 cm³/mol. The van der Waals surface area contributed by atoms with Crippen LogP contribution in [0.1, 0.15) is 0 Å². The molecule has 0 aliphatic heterocycles. The lowest BCUT2D eigenvalue weighted by molar-refractivity contribution is 0.263. The summed E-state index contributed by atoms with van der Waals surface area (Å²) in [6.45, 7) is 1.49. The number of nitrogens with zero attached hydrogens (tertiary/aromatic N) is 1. The highest BCUT2D eigenvalue weighted by atomic mass is 32.2. The van der Waals surface area contributed by atoms with Crippen molar-refractivity contribution in [1.82, 2.24) is 5.32 Å². The molecule has 7 heteroatoms. The summed E-state index contributed by atoms with van der Waals surface area (Å²) < 4.78 is 0. The van der Waals surface area contributed by atoms with Crippen LogP contribution in [0.15, 0.2) is 4.90 Å². The molecule has 0 aliphatic carbocycles. The summed E-state index contributed by atoms with van der Waals surface area (Å²) in [7, 11) is 3.99. The lowest BCUT2D eigenvalue weighted by Gasteiger charge is -2.03. The summed E-state index contributed by atoms with van der Waals surface area (Å²) in [5, 5.41) is 11.3. The van der Waals surface area contributed by atoms with Crippen LogP contribution in [0.4, 0.5) is 4.79 Å². The van der Waals surface area contributed by atoms with Crippen LogP contribution in [-0.2, 0) is 0 Å². The second-order valence-electron chi connectivity index (χ2n) is 1.76. The van der Waals surface area contributed by atoms with Gasteiger partial charge in [-0.2, -0.15) is 0 Å². The van der Waals surface area contributed by atoms with Gasteiger partial charge in [-0.15, -0.1) is 0 Å². The number of amides is 1. The molecule has 0 aliphatic rings. The Balaban J connectivity index is 4.05. The zero-order valence-corrected chi connectivity index (χ0v) is 7.18. The second-order valence-corrected chi connectivity index (χ2v) is 2.55. The van der Waals surface area contributed by atoms with Gasteiger partial charge in [0.2, 0.25) is 7.85 Å². The van der Waals surface area contributed by atoms with Gasteiger partial charge in [-0.3, -0.25) is 9.70 Å². The van der Waals surface area contributed by atoms with E-state index in [1.165, 1.54) is 18.6 Å². The first-order chi connectivity index (χ1) is 5.06. The van der Waals surface area contributed by atoms with E-state index >= 15 is 0 Å². The molecule has 0 fully saturated rings. The highest BCUT2D eigenvalue weighted by Crippen LogP contribution is 1.95. The van der Waals surface area contributed by atoms with Crippen LogP contribution in [-0.4, -0.2) is 37.2 Å². The first-order valence-electron chi connectivity index (χ1n) is 2.92. The highest BCUT2D eigenvalue weighted by Gasteiger charge is 2.03. The maximum Gasteiger partial charge on any atom is 0.430 e. The molecule has 58 valence electrons. The first-order valence-corrected chi connectivity index (χ1v) is 4.15. The Morgan fingerprint density at radius 1 is 1.82 bits per heavy atom. The first kappa shape index (κ1) is 10.6. The topological polar surface area (TPSA) is 61.7 Å². The third kappa shape index (κ3) is 6.00. The third-order valence-electron chi connectivity index (χ3n) is 0.728. The summed E-state index contributed by atoms with van der Waals surface area (Å²) in [5.74, 6) is -0.682. The number of nitrogens with one attached hydrogen (secondary N) is 1. The Morgan fingerprint density at radius 2 is 2.36 bits per heavy atom. The van der Waals surface area contributed by atoms with Crippen molar-refractivity contribution < 1.29 is 9.82 Å². The standard InChI is InChI=1S/C4H8B2N2O2S/c1-6(10)8-4(11-2)7-3(5)9/h10H,1-2H3,(H,7,8,9). The Labute approximate surface area is 71.4 Å². The van der Waals surface area contributed by atoms with Crippen LogP contribution in [0, 0.1) is 0 Å². The average molecular weight is 170 g/mol. The van der Waals surface area contributed by atoms with Crippen LogP contribution >= 0.6 is 11.8 Å². The van der Waals surface area contributed by atoms with E-state index < -0.39 is 12.9 Å². The number of rotatable bonds is 1. The molecule has 0 saturated carbocycles. The maximum atomic E-state index is 10.3. The van der Waals surface area contributed by atoms with E-state index in [0.717, 1.165) is 0 Å². The van der Waals surface area contributed by atoms with Gasteiger partial charge in [-0.1, -0.05) is 11.8 Å². The summed E-state index contributed by atoms with van der Waals surface area (Å²) in [6.07, 6.45) is 1.72. The molecule has 0 unspecified atom stereocenters. The molecule has 0 aromatic carbocycles. The quantitative estimate of drug-likeness (QED) is 0.322. The minimum atomic E-state index is -0.829. The Hall–Kier alpha value is -0.420. The third-order valence-corrected chi connectivity index (χ3v) is 1.32. The van der Waals surface area contributed by atoms with Gasteiger partial charge in [0.15, 0.2) is 11.0 Å². The monoisotopic (exact) mass is 170 g/mol. The summed E-state index contributed by atoms with van der Waals surface area (Å²) in [6, 6.07) is 0. The van der Waals surface area contributed by atoms with E-state index in [0.29, 0.717) is 5.17 Å². The molecule has 2 N–H and O–H groups in total. The van der Waals surface area contributed by atoms with Crippen LogP contribution in [0.25, 0.3) is 0 Å². The van der Waals surface area contributed by atoms with E-state index in [1.807, 2.05) is 0 Å². The molecule has 0 saturated heterocycles. The minimum Gasteiger partial charge on any atom is -0.431 e. The Morgan fingerprint density at radius 3 is 2.64 bits per heavy atom. The molecule has 0 aromatic heterocycles. The number of amidine groups is 1. The van der Waals surface area contributed by atoms with E-state index in [4.69, 9.17) is 12.9 Å². The van der Waals surface area contributed by atoms with E-state index in [1.54, 1.807) is 6.26 Å². The molecule has 2 radical (unpaired) electrons. The zero-order valence-electron chi connectivity index (χ0n) is 6.37. The van der Waals surface area contributed by atoms with Gasteiger partial charge in [0.25, 0.3) is 0 Å². The molecule has 11 heavy (non-hydrogen) atoms. The molecular formula is C4H8B2N2O2S.